The van der Waals surface area contributed by atoms with Crippen LogP contribution in [0.15, 0.2) is 59.5 Å². The lowest BCUT2D eigenvalue weighted by Gasteiger charge is -2.33. The third-order valence-corrected chi connectivity index (χ3v) is 7.97. The molecular formula is C21H20N6O3S2. The lowest BCUT2D eigenvalue weighted by Crippen LogP contribution is -2.50. The van der Waals surface area contributed by atoms with Gasteiger partial charge in [-0.15, -0.1) is 0 Å². The minimum atomic E-state index is -3.73. The summed E-state index contributed by atoms with van der Waals surface area (Å²) in [5.41, 5.74) is 3.03. The highest BCUT2D eigenvalue weighted by Gasteiger charge is 2.32. The van der Waals surface area contributed by atoms with Crippen molar-refractivity contribution in [3.8, 4) is 5.69 Å². The van der Waals surface area contributed by atoms with E-state index in [1.807, 2.05) is 37.3 Å². The summed E-state index contributed by atoms with van der Waals surface area (Å²) < 4.78 is 37.8. The molecule has 1 aliphatic heterocycles. The van der Waals surface area contributed by atoms with Gasteiger partial charge in [-0.3, -0.25) is 4.79 Å². The summed E-state index contributed by atoms with van der Waals surface area (Å²) in [6, 6.07) is 16.3. The van der Waals surface area contributed by atoms with E-state index in [4.69, 9.17) is 0 Å². The van der Waals surface area contributed by atoms with Crippen LogP contribution in [0.4, 0.5) is 0 Å². The van der Waals surface area contributed by atoms with Crippen molar-refractivity contribution in [1.82, 2.24) is 27.7 Å². The van der Waals surface area contributed by atoms with Crippen molar-refractivity contribution in [2.45, 2.75) is 11.8 Å². The molecule has 5 rings (SSSR count). The molecule has 1 fully saturated rings. The molecule has 0 aliphatic carbocycles. The first-order valence-corrected chi connectivity index (χ1v) is 12.2. The van der Waals surface area contributed by atoms with Crippen molar-refractivity contribution in [1.29, 1.82) is 0 Å². The van der Waals surface area contributed by atoms with Crippen molar-refractivity contribution in [3.63, 3.8) is 0 Å². The van der Waals surface area contributed by atoms with Crippen LogP contribution in [0.1, 0.15) is 16.2 Å². The van der Waals surface area contributed by atoms with Gasteiger partial charge in [-0.05, 0) is 37.3 Å². The third-order valence-electron chi connectivity index (χ3n) is 5.50. The number of aromatic nitrogens is 4. The first kappa shape index (κ1) is 20.7. The average Bonchev–Trinajstić information content (AvgIpc) is 3.45. The van der Waals surface area contributed by atoms with Crippen molar-refractivity contribution in [2.75, 3.05) is 26.2 Å². The van der Waals surface area contributed by atoms with Crippen LogP contribution in [-0.4, -0.2) is 68.2 Å². The van der Waals surface area contributed by atoms with Gasteiger partial charge in [0.15, 0.2) is 5.69 Å². The molecule has 0 radical (unpaired) electrons. The van der Waals surface area contributed by atoms with E-state index < -0.39 is 10.0 Å². The van der Waals surface area contributed by atoms with E-state index in [1.165, 1.54) is 4.31 Å². The summed E-state index contributed by atoms with van der Waals surface area (Å²) in [6.07, 6.45) is 0. The predicted molar refractivity (Wildman–Crippen MR) is 120 cm³/mol. The molecule has 1 saturated heterocycles. The van der Waals surface area contributed by atoms with Crippen molar-refractivity contribution >= 4 is 38.7 Å². The molecule has 0 unspecified atom stereocenters. The number of carbonyl (C=O) groups is 1. The van der Waals surface area contributed by atoms with Crippen LogP contribution in [0.2, 0.25) is 0 Å². The summed E-state index contributed by atoms with van der Waals surface area (Å²) in [5.74, 6) is -0.203. The number of piperazine rings is 1. The highest BCUT2D eigenvalue weighted by Crippen LogP contribution is 2.25. The molecule has 0 spiro atoms. The van der Waals surface area contributed by atoms with Crippen LogP contribution >= 0.6 is 11.7 Å². The summed E-state index contributed by atoms with van der Waals surface area (Å²) in [4.78, 5) is 14.8. The Labute approximate surface area is 189 Å². The number of nitrogens with zero attached hydrogens (tertiary/aromatic N) is 6. The van der Waals surface area contributed by atoms with E-state index in [2.05, 4.69) is 13.8 Å². The number of hydrogen-bond acceptors (Lipinski definition) is 7. The Hall–Kier alpha value is -3.15. The fraction of sp³-hybridized carbons (Fsp3) is 0.238. The van der Waals surface area contributed by atoms with Crippen LogP contribution in [0, 0.1) is 6.92 Å². The maximum atomic E-state index is 13.2. The number of rotatable bonds is 4. The predicted octanol–water partition coefficient (Wildman–Crippen LogP) is 2.33. The van der Waals surface area contributed by atoms with Crippen molar-refractivity contribution in [2.24, 2.45) is 0 Å². The van der Waals surface area contributed by atoms with Crippen LogP contribution in [0.25, 0.3) is 16.7 Å². The molecule has 9 nitrogen and oxygen atoms in total. The Bertz CT molecular complexity index is 1390. The van der Waals surface area contributed by atoms with Gasteiger partial charge < -0.3 is 4.90 Å². The minimum Gasteiger partial charge on any atom is -0.335 e. The number of para-hydroxylation sites is 1. The first-order chi connectivity index (χ1) is 15.4. The molecule has 0 saturated carbocycles. The molecular weight excluding hydrogens is 448 g/mol. The Morgan fingerprint density at radius 3 is 2.47 bits per heavy atom. The molecule has 32 heavy (non-hydrogen) atoms. The van der Waals surface area contributed by atoms with Crippen LogP contribution in [0.5, 0.6) is 0 Å². The summed E-state index contributed by atoms with van der Waals surface area (Å²) >= 11 is 0.988. The lowest BCUT2D eigenvalue weighted by atomic mass is 10.3. The van der Waals surface area contributed by atoms with Gasteiger partial charge >= 0.3 is 0 Å². The monoisotopic (exact) mass is 468 g/mol. The van der Waals surface area contributed by atoms with Gasteiger partial charge in [-0.1, -0.05) is 24.3 Å². The van der Waals surface area contributed by atoms with Gasteiger partial charge in [-0.2, -0.15) is 18.2 Å². The van der Waals surface area contributed by atoms with Gasteiger partial charge in [0, 0.05) is 31.9 Å². The molecule has 0 atom stereocenters. The molecule has 1 amide bonds. The zero-order chi connectivity index (χ0) is 22.3. The zero-order valence-corrected chi connectivity index (χ0v) is 18.9. The van der Waals surface area contributed by atoms with Crippen LogP contribution in [0.3, 0.4) is 0 Å². The van der Waals surface area contributed by atoms with E-state index >= 15 is 0 Å². The number of amides is 1. The molecule has 11 heteroatoms. The van der Waals surface area contributed by atoms with Gasteiger partial charge in [0.05, 0.1) is 17.4 Å². The number of sulfonamides is 1. The quantitative estimate of drug-likeness (QED) is 0.456. The fourth-order valence-corrected chi connectivity index (χ4v) is 6.01. The molecule has 164 valence electrons. The van der Waals surface area contributed by atoms with Gasteiger partial charge in [-0.25, -0.2) is 13.1 Å². The molecule has 3 heterocycles. The SMILES string of the molecule is Cc1cc(C(=O)N2CCN(S(=O)(=O)c3cccc4nsnc34)CC2)nn1-c1ccccc1. The van der Waals surface area contributed by atoms with E-state index in [9.17, 15) is 13.2 Å². The highest BCUT2D eigenvalue weighted by atomic mass is 32.2. The number of fused-ring (bicyclic) bond motifs is 1. The molecule has 0 N–H and O–H groups in total. The number of hydrogen-bond donors (Lipinski definition) is 0. The number of carbonyl (C=O) groups excluding carboxylic acids is 1. The molecule has 1 aliphatic rings. The summed E-state index contributed by atoms with van der Waals surface area (Å²) in [5, 5.41) is 4.48. The van der Waals surface area contributed by atoms with Crippen LogP contribution in [-0.2, 0) is 10.0 Å². The molecule has 2 aromatic carbocycles. The number of aryl methyl sites for hydroxylation is 1. The smallest absolute Gasteiger partial charge is 0.274 e. The summed E-state index contributed by atoms with van der Waals surface area (Å²) in [7, 11) is -3.73. The van der Waals surface area contributed by atoms with E-state index in [0.717, 1.165) is 23.1 Å². The van der Waals surface area contributed by atoms with Crippen molar-refractivity contribution in [3.05, 3.63) is 66.0 Å². The Kier molecular flexibility index (Phi) is 5.24. The van der Waals surface area contributed by atoms with Crippen LogP contribution < -0.4 is 0 Å². The molecule has 4 aromatic rings. The largest absolute Gasteiger partial charge is 0.335 e. The standard InChI is InChI=1S/C21H20N6O3S2/c1-15-14-18(22-27(15)16-6-3-2-4-7-16)21(28)25-10-12-26(13-11-25)32(29,30)19-9-5-8-17-20(19)24-31-23-17/h2-9,14H,10-13H2,1H3. The second-order valence-corrected chi connectivity index (χ2v) is 9.94. The van der Waals surface area contributed by atoms with Gasteiger partial charge in [0.2, 0.25) is 10.0 Å². The topological polar surface area (TPSA) is 101 Å². The summed E-state index contributed by atoms with van der Waals surface area (Å²) in [6.45, 7) is 2.90. The Morgan fingerprint density at radius 1 is 0.969 bits per heavy atom. The first-order valence-electron chi connectivity index (χ1n) is 10.1. The second-order valence-electron chi connectivity index (χ2n) is 7.50. The zero-order valence-electron chi connectivity index (χ0n) is 17.2. The van der Waals surface area contributed by atoms with E-state index in [-0.39, 0.29) is 23.9 Å². The van der Waals surface area contributed by atoms with Gasteiger partial charge in [0.1, 0.15) is 15.9 Å². The Morgan fingerprint density at radius 2 is 1.72 bits per heavy atom. The van der Waals surface area contributed by atoms with E-state index in [1.54, 1.807) is 33.8 Å². The van der Waals surface area contributed by atoms with E-state index in [0.29, 0.717) is 29.8 Å². The average molecular weight is 469 g/mol. The maximum Gasteiger partial charge on any atom is 0.274 e. The maximum absolute atomic E-state index is 13.2. The highest BCUT2D eigenvalue weighted by molar-refractivity contribution is 7.89. The lowest BCUT2D eigenvalue weighted by molar-refractivity contribution is 0.0691. The normalized spacial score (nSPS) is 15.3. The minimum absolute atomic E-state index is 0.153. The fourth-order valence-electron chi connectivity index (χ4n) is 3.83. The van der Waals surface area contributed by atoms with Gasteiger partial charge in [0.25, 0.3) is 5.91 Å². The van der Waals surface area contributed by atoms with Crippen molar-refractivity contribution < 1.29 is 13.2 Å². The Balaban J connectivity index is 1.32. The second kappa shape index (κ2) is 8.08. The third kappa shape index (κ3) is 3.57. The molecule has 0 bridgehead atoms. The molecule has 2 aromatic heterocycles. The number of benzene rings is 2.